The second kappa shape index (κ2) is 7.55. The molecule has 0 atom stereocenters. The van der Waals surface area contributed by atoms with Gasteiger partial charge in [-0.15, -0.1) is 35.4 Å². The third-order valence-electron chi connectivity index (χ3n) is 6.90. The molecule has 4 heteroatoms. The zero-order valence-corrected chi connectivity index (χ0v) is 21.0. The Morgan fingerprint density at radius 3 is 1.94 bits per heavy atom. The third-order valence-corrected chi connectivity index (χ3v) is 6.90. The van der Waals surface area contributed by atoms with Crippen LogP contribution in [0.4, 0.5) is 0 Å². The zero-order chi connectivity index (χ0) is 22.2. The summed E-state index contributed by atoms with van der Waals surface area (Å²) in [4.78, 5) is 15.4. The average molecular weight is 618 g/mol. The molecule has 1 aliphatic rings. The quantitative estimate of drug-likeness (QED) is 0.135. The summed E-state index contributed by atoms with van der Waals surface area (Å²) in [7, 11) is 0. The summed E-state index contributed by atoms with van der Waals surface area (Å²) in [6, 6.07) is 33.2. The summed E-state index contributed by atoms with van der Waals surface area (Å²) in [5.41, 5.74) is 7.35. The Morgan fingerprint density at radius 1 is 0.588 bits per heavy atom. The molecule has 3 aromatic carbocycles. The van der Waals surface area contributed by atoms with Crippen molar-refractivity contribution in [1.29, 1.82) is 0 Å². The number of rotatable bonds is 0. The van der Waals surface area contributed by atoms with Crippen molar-refractivity contribution in [2.45, 2.75) is 19.3 Å². The molecule has 0 N–H and O–H groups in total. The SMILES string of the molecule is CC1(C)c2[c-]c(ccc2)-c2ccc3ccc4ccc5ccc(nc5c4c3n2)-c2cccc1n2.[Pt]. The smallest absolute Gasteiger partial charge is 0.0894 e. The van der Waals surface area contributed by atoms with Crippen molar-refractivity contribution in [3.8, 4) is 22.6 Å². The number of fused-ring (bicyclic) bond motifs is 8. The molecule has 1 aliphatic heterocycles. The van der Waals surface area contributed by atoms with Crippen molar-refractivity contribution in [2.75, 3.05) is 0 Å². The minimum absolute atomic E-state index is 0. The molecule has 0 fully saturated rings. The molecule has 4 heterocycles. The van der Waals surface area contributed by atoms with Gasteiger partial charge >= 0.3 is 0 Å². The van der Waals surface area contributed by atoms with Crippen molar-refractivity contribution >= 4 is 32.6 Å². The standard InChI is InChI=1S/C30H20N3.Pt/c1-30(2)22-6-3-5-21(17-22)23-15-13-19-11-9-18-10-12-20-14-16-25(24-7-4-8-26(30)31-24)33-29(20)27(18)28(19)32-23;/h3-16H,1-2H3;/q-1;. The number of benzene rings is 3. The molecule has 166 valence electrons. The average Bonchev–Trinajstić information content (AvgIpc) is 2.87. The predicted molar refractivity (Wildman–Crippen MR) is 134 cm³/mol. The van der Waals surface area contributed by atoms with Crippen molar-refractivity contribution in [3.63, 3.8) is 0 Å². The molecule has 0 aliphatic carbocycles. The maximum atomic E-state index is 5.16. The van der Waals surface area contributed by atoms with Gasteiger partial charge in [0.25, 0.3) is 0 Å². The van der Waals surface area contributed by atoms with Gasteiger partial charge < -0.3 is 0 Å². The summed E-state index contributed by atoms with van der Waals surface area (Å²) in [6.07, 6.45) is 0. The first-order valence-corrected chi connectivity index (χ1v) is 11.2. The topological polar surface area (TPSA) is 38.7 Å². The van der Waals surface area contributed by atoms with E-state index in [2.05, 4.69) is 98.8 Å². The number of nitrogens with zero attached hydrogens (tertiary/aromatic N) is 3. The van der Waals surface area contributed by atoms with Crippen LogP contribution in [0.5, 0.6) is 0 Å². The minimum atomic E-state index is -0.317. The summed E-state index contributed by atoms with van der Waals surface area (Å²) in [5.74, 6) is 0. The molecule has 3 nitrogen and oxygen atoms in total. The molecule has 34 heavy (non-hydrogen) atoms. The normalized spacial score (nSPS) is 13.6. The summed E-state index contributed by atoms with van der Waals surface area (Å²) in [5, 5.41) is 4.42. The van der Waals surface area contributed by atoms with Crippen molar-refractivity contribution in [3.05, 3.63) is 102 Å². The Morgan fingerprint density at radius 2 is 1.18 bits per heavy atom. The summed E-state index contributed by atoms with van der Waals surface area (Å²) >= 11 is 0. The molecule has 0 spiro atoms. The van der Waals surface area contributed by atoms with E-state index >= 15 is 0 Å². The molecule has 0 radical (unpaired) electrons. The van der Waals surface area contributed by atoms with Crippen LogP contribution in [0.2, 0.25) is 0 Å². The van der Waals surface area contributed by atoms with Crippen LogP contribution >= 0.6 is 0 Å². The number of aromatic nitrogens is 3. The van der Waals surface area contributed by atoms with Gasteiger partial charge in [0.15, 0.2) is 0 Å². The van der Waals surface area contributed by atoms with E-state index in [4.69, 9.17) is 15.0 Å². The van der Waals surface area contributed by atoms with Crippen LogP contribution in [0.25, 0.3) is 55.2 Å². The summed E-state index contributed by atoms with van der Waals surface area (Å²) in [6.45, 7) is 4.40. The van der Waals surface area contributed by atoms with Gasteiger partial charge in [-0.1, -0.05) is 62.4 Å². The minimum Gasteiger partial charge on any atom is -0.296 e. The van der Waals surface area contributed by atoms with Crippen LogP contribution in [-0.4, -0.2) is 15.0 Å². The Labute approximate surface area is 212 Å². The molecule has 0 amide bonds. The van der Waals surface area contributed by atoms with Crippen molar-refractivity contribution < 1.29 is 21.1 Å². The van der Waals surface area contributed by atoms with Gasteiger partial charge in [0.2, 0.25) is 0 Å². The summed E-state index contributed by atoms with van der Waals surface area (Å²) < 4.78 is 0. The van der Waals surface area contributed by atoms with Crippen LogP contribution in [0.1, 0.15) is 25.1 Å². The second-order valence-corrected chi connectivity index (χ2v) is 9.28. The van der Waals surface area contributed by atoms with Gasteiger partial charge in [0.05, 0.1) is 22.4 Å². The fourth-order valence-corrected chi connectivity index (χ4v) is 4.92. The van der Waals surface area contributed by atoms with Crippen LogP contribution in [0.15, 0.2) is 84.9 Å². The van der Waals surface area contributed by atoms with Crippen LogP contribution in [0.3, 0.4) is 0 Å². The monoisotopic (exact) mass is 617 g/mol. The molecule has 0 saturated carbocycles. The van der Waals surface area contributed by atoms with E-state index in [1.165, 1.54) is 0 Å². The van der Waals surface area contributed by atoms with E-state index in [-0.39, 0.29) is 26.5 Å². The first-order chi connectivity index (χ1) is 16.1. The maximum Gasteiger partial charge on any atom is 0.0894 e. The van der Waals surface area contributed by atoms with Crippen LogP contribution < -0.4 is 0 Å². The maximum absolute atomic E-state index is 5.16. The Balaban J connectivity index is 0.00000217. The van der Waals surface area contributed by atoms with E-state index in [9.17, 15) is 0 Å². The number of pyridine rings is 3. The molecule has 0 saturated heterocycles. The fourth-order valence-electron chi connectivity index (χ4n) is 4.92. The molecular formula is C30H20N3Pt-. The Hall–Kier alpha value is -3.42. The fraction of sp³-hybridized carbons (Fsp3) is 0.100. The van der Waals surface area contributed by atoms with E-state index in [1.807, 2.05) is 6.07 Å². The van der Waals surface area contributed by atoms with Gasteiger partial charge in [-0.05, 0) is 34.7 Å². The molecule has 0 unspecified atom stereocenters. The first-order valence-electron chi connectivity index (χ1n) is 11.2. The molecule has 7 rings (SSSR count). The second-order valence-electron chi connectivity index (χ2n) is 9.28. The predicted octanol–water partition coefficient (Wildman–Crippen LogP) is 7.10. The van der Waals surface area contributed by atoms with Crippen LogP contribution in [-0.2, 0) is 26.5 Å². The van der Waals surface area contributed by atoms with Gasteiger partial charge in [0, 0.05) is 42.9 Å². The number of hydrogen-bond donors (Lipinski definition) is 0. The molecule has 3 aromatic heterocycles. The number of hydrogen-bond acceptors (Lipinski definition) is 3. The van der Waals surface area contributed by atoms with E-state index in [0.29, 0.717) is 0 Å². The van der Waals surface area contributed by atoms with Gasteiger partial charge in [-0.2, -0.15) is 0 Å². The molecule has 6 aromatic rings. The van der Waals surface area contributed by atoms with E-state index in [0.717, 1.165) is 66.5 Å². The van der Waals surface area contributed by atoms with Gasteiger partial charge in [0.1, 0.15) is 0 Å². The Bertz CT molecular complexity index is 1630. The van der Waals surface area contributed by atoms with E-state index < -0.39 is 0 Å². The van der Waals surface area contributed by atoms with Gasteiger partial charge in [-0.25, -0.2) is 4.98 Å². The largest absolute Gasteiger partial charge is 0.296 e. The molecule has 8 bridgehead atoms. The van der Waals surface area contributed by atoms with E-state index in [1.54, 1.807) is 0 Å². The third kappa shape index (κ3) is 3.04. The van der Waals surface area contributed by atoms with Crippen molar-refractivity contribution in [2.24, 2.45) is 0 Å². The first kappa shape index (κ1) is 21.1. The van der Waals surface area contributed by atoms with Gasteiger partial charge in [-0.3, -0.25) is 9.97 Å². The van der Waals surface area contributed by atoms with Crippen molar-refractivity contribution in [1.82, 2.24) is 15.0 Å². The van der Waals surface area contributed by atoms with Crippen LogP contribution in [0, 0.1) is 6.07 Å². The Kier molecular flexibility index (Phi) is 4.69. The zero-order valence-electron chi connectivity index (χ0n) is 18.7. The molecular weight excluding hydrogens is 597 g/mol.